The number of carbonyl (C=O) groups excluding carboxylic acids is 1. The van der Waals surface area contributed by atoms with Crippen molar-refractivity contribution in [1.82, 2.24) is 4.90 Å². The molecule has 0 bridgehead atoms. The van der Waals surface area contributed by atoms with Crippen LogP contribution in [0.5, 0.6) is 5.75 Å². The highest BCUT2D eigenvalue weighted by molar-refractivity contribution is 6.30. The monoisotopic (exact) mass is 322 g/mol. The van der Waals surface area contributed by atoms with Gasteiger partial charge in [-0.25, -0.2) is 0 Å². The molecule has 116 valence electrons. The van der Waals surface area contributed by atoms with Gasteiger partial charge < -0.3 is 15.0 Å². The molecule has 0 aromatic heterocycles. The van der Waals surface area contributed by atoms with Crippen LogP contribution in [0.1, 0.15) is 6.42 Å². The molecule has 1 fully saturated rings. The first-order valence-electron chi connectivity index (χ1n) is 6.27. The molecular weight excluding hydrogens is 309 g/mol. The Kier molecular flexibility index (Phi) is 4.51. The number of likely N-dealkylation sites (tertiary alicyclic amines) is 1. The highest BCUT2D eigenvalue weighted by atomic mass is 35.5. The fourth-order valence-corrected chi connectivity index (χ4v) is 2.22. The van der Waals surface area contributed by atoms with E-state index in [4.69, 9.17) is 16.3 Å². The van der Waals surface area contributed by atoms with E-state index in [-0.39, 0.29) is 17.3 Å². The van der Waals surface area contributed by atoms with E-state index in [1.807, 2.05) is 0 Å². The van der Waals surface area contributed by atoms with Gasteiger partial charge in [-0.1, -0.05) is 11.6 Å². The molecule has 1 heterocycles. The Labute approximate surface area is 124 Å². The third-order valence-corrected chi connectivity index (χ3v) is 3.33. The first-order valence-corrected chi connectivity index (χ1v) is 6.65. The van der Waals surface area contributed by atoms with Crippen molar-refractivity contribution < 1.29 is 22.7 Å². The molecule has 2 rings (SSSR count). The number of hydrogen-bond acceptors (Lipinski definition) is 3. The zero-order valence-electron chi connectivity index (χ0n) is 11.2. The number of carbonyl (C=O) groups is 1. The number of hydrogen-bond donors (Lipinski definition) is 1. The maximum absolute atomic E-state index is 12.2. The van der Waals surface area contributed by atoms with Crippen molar-refractivity contribution >= 4 is 23.2 Å². The Morgan fingerprint density at radius 3 is 2.76 bits per heavy atom. The zero-order valence-corrected chi connectivity index (χ0v) is 12.0. The van der Waals surface area contributed by atoms with Crippen molar-refractivity contribution in [2.45, 2.75) is 18.6 Å². The first kappa shape index (κ1) is 15.8. The van der Waals surface area contributed by atoms with Gasteiger partial charge in [-0.15, -0.1) is 0 Å². The molecule has 8 heteroatoms. The predicted octanol–water partition coefficient (Wildman–Crippen LogP) is 2.92. The molecule has 21 heavy (non-hydrogen) atoms. The van der Waals surface area contributed by atoms with Crippen molar-refractivity contribution in [2.75, 3.05) is 25.5 Å². The lowest BCUT2D eigenvalue weighted by atomic mass is 10.2. The summed E-state index contributed by atoms with van der Waals surface area (Å²) in [4.78, 5) is 13.4. The number of ether oxygens (including phenoxy) is 1. The van der Waals surface area contributed by atoms with Crippen LogP contribution in [0.15, 0.2) is 18.2 Å². The molecule has 1 aliphatic heterocycles. The Balaban J connectivity index is 2.14. The summed E-state index contributed by atoms with van der Waals surface area (Å²) in [5, 5.41) is 3.24. The van der Waals surface area contributed by atoms with Crippen LogP contribution >= 0.6 is 11.6 Å². The smallest absolute Gasteiger partial charge is 0.422 e. The van der Waals surface area contributed by atoms with Crippen molar-refractivity contribution in [3.63, 3.8) is 0 Å². The highest BCUT2D eigenvalue weighted by Gasteiger charge is 2.31. The Morgan fingerprint density at radius 2 is 2.19 bits per heavy atom. The van der Waals surface area contributed by atoms with Gasteiger partial charge in [-0.3, -0.25) is 4.79 Å². The van der Waals surface area contributed by atoms with Crippen LogP contribution in [0.25, 0.3) is 0 Å². The Morgan fingerprint density at radius 1 is 1.48 bits per heavy atom. The standard InChI is InChI=1S/C13H14ClF3N2O2/c1-19-5-4-9(12(19)20)18-10-6-8(14)2-3-11(10)21-7-13(15,16)17/h2-3,6,9,18H,4-5,7H2,1H3/t9-/m1/s1. The lowest BCUT2D eigenvalue weighted by Crippen LogP contribution is -2.31. The Hall–Kier alpha value is -1.63. The number of nitrogens with one attached hydrogen (secondary N) is 1. The van der Waals surface area contributed by atoms with Crippen LogP contribution in [0.4, 0.5) is 18.9 Å². The van der Waals surface area contributed by atoms with Crippen molar-refractivity contribution in [2.24, 2.45) is 0 Å². The Bertz CT molecular complexity index is 537. The molecule has 1 aliphatic rings. The van der Waals surface area contributed by atoms with Gasteiger partial charge in [0.2, 0.25) is 5.91 Å². The SMILES string of the molecule is CN1CC[C@@H](Nc2cc(Cl)ccc2OCC(F)(F)F)C1=O. The minimum absolute atomic E-state index is 0.0130. The average molecular weight is 323 g/mol. The van der Waals surface area contributed by atoms with E-state index in [9.17, 15) is 18.0 Å². The summed E-state index contributed by atoms with van der Waals surface area (Å²) in [6, 6.07) is 3.74. The largest absolute Gasteiger partial charge is 0.482 e. The zero-order chi connectivity index (χ0) is 15.6. The van der Waals surface area contributed by atoms with Crippen molar-refractivity contribution in [3.8, 4) is 5.75 Å². The van der Waals surface area contributed by atoms with E-state index >= 15 is 0 Å². The lowest BCUT2D eigenvalue weighted by Gasteiger charge is -2.18. The number of anilines is 1. The van der Waals surface area contributed by atoms with E-state index in [2.05, 4.69) is 5.32 Å². The number of nitrogens with zero attached hydrogens (tertiary/aromatic N) is 1. The van der Waals surface area contributed by atoms with Gasteiger partial charge in [0.25, 0.3) is 0 Å². The molecule has 4 nitrogen and oxygen atoms in total. The van der Waals surface area contributed by atoms with E-state index in [1.165, 1.54) is 18.2 Å². The second-order valence-electron chi connectivity index (χ2n) is 4.79. The summed E-state index contributed by atoms with van der Waals surface area (Å²) in [6.45, 7) is -0.808. The summed E-state index contributed by atoms with van der Waals surface area (Å²) in [6.07, 6.45) is -3.86. The average Bonchev–Trinajstić information content (AvgIpc) is 2.69. The molecule has 1 saturated heterocycles. The maximum atomic E-state index is 12.2. The van der Waals surface area contributed by atoms with Gasteiger partial charge in [0.1, 0.15) is 11.8 Å². The number of amides is 1. The second-order valence-corrected chi connectivity index (χ2v) is 5.23. The van der Waals surface area contributed by atoms with Gasteiger partial charge in [-0.2, -0.15) is 13.2 Å². The quantitative estimate of drug-likeness (QED) is 0.926. The lowest BCUT2D eigenvalue weighted by molar-refractivity contribution is -0.153. The van der Waals surface area contributed by atoms with Crippen LogP contribution in [-0.4, -0.2) is 43.2 Å². The van der Waals surface area contributed by atoms with Crippen LogP contribution in [-0.2, 0) is 4.79 Å². The van der Waals surface area contributed by atoms with Crippen molar-refractivity contribution in [1.29, 1.82) is 0 Å². The van der Waals surface area contributed by atoms with Gasteiger partial charge in [0, 0.05) is 18.6 Å². The number of benzene rings is 1. The van der Waals surface area contributed by atoms with Crippen LogP contribution in [0, 0.1) is 0 Å². The fraction of sp³-hybridized carbons (Fsp3) is 0.462. The molecule has 1 aromatic rings. The number of rotatable bonds is 4. The topological polar surface area (TPSA) is 41.6 Å². The normalized spacial score (nSPS) is 19.0. The molecule has 0 unspecified atom stereocenters. The maximum Gasteiger partial charge on any atom is 0.422 e. The fourth-order valence-electron chi connectivity index (χ4n) is 2.04. The molecule has 1 amide bonds. The van der Waals surface area contributed by atoms with E-state index in [0.29, 0.717) is 18.0 Å². The summed E-state index contributed by atoms with van der Waals surface area (Å²) >= 11 is 5.84. The van der Waals surface area contributed by atoms with Gasteiger partial charge in [0.15, 0.2) is 6.61 Å². The molecule has 0 radical (unpaired) electrons. The van der Waals surface area contributed by atoms with E-state index < -0.39 is 18.8 Å². The first-order chi connectivity index (χ1) is 9.76. The third-order valence-electron chi connectivity index (χ3n) is 3.09. The molecule has 0 aliphatic carbocycles. The van der Waals surface area contributed by atoms with E-state index in [1.54, 1.807) is 11.9 Å². The molecular formula is C13H14ClF3N2O2. The minimum atomic E-state index is -4.43. The van der Waals surface area contributed by atoms with Crippen molar-refractivity contribution in [3.05, 3.63) is 23.2 Å². The molecule has 1 atom stereocenters. The summed E-state index contributed by atoms with van der Waals surface area (Å²) in [5.41, 5.74) is 0.278. The van der Waals surface area contributed by atoms with Crippen LogP contribution in [0.2, 0.25) is 5.02 Å². The summed E-state index contributed by atoms with van der Waals surface area (Å²) < 4.78 is 41.5. The second kappa shape index (κ2) is 6.01. The number of likely N-dealkylation sites (N-methyl/N-ethyl adjacent to an activating group) is 1. The number of halogens is 4. The van der Waals surface area contributed by atoms with Gasteiger partial charge in [-0.05, 0) is 24.6 Å². The van der Waals surface area contributed by atoms with Crippen LogP contribution < -0.4 is 10.1 Å². The van der Waals surface area contributed by atoms with Crippen LogP contribution in [0.3, 0.4) is 0 Å². The minimum Gasteiger partial charge on any atom is -0.482 e. The predicted molar refractivity (Wildman–Crippen MR) is 72.7 cm³/mol. The van der Waals surface area contributed by atoms with E-state index in [0.717, 1.165) is 0 Å². The molecule has 0 spiro atoms. The molecule has 0 saturated carbocycles. The molecule has 1 aromatic carbocycles. The van der Waals surface area contributed by atoms with Gasteiger partial charge >= 0.3 is 6.18 Å². The summed E-state index contributed by atoms with van der Waals surface area (Å²) in [5.74, 6) is -0.101. The summed E-state index contributed by atoms with van der Waals surface area (Å²) in [7, 11) is 1.67. The number of alkyl halides is 3. The third kappa shape index (κ3) is 4.17. The highest BCUT2D eigenvalue weighted by Crippen LogP contribution is 2.31. The molecule has 1 N–H and O–H groups in total. The van der Waals surface area contributed by atoms with Gasteiger partial charge in [0.05, 0.1) is 5.69 Å².